The molecule has 0 bridgehead atoms. The van der Waals surface area contributed by atoms with Gasteiger partial charge in [-0.15, -0.1) is 0 Å². The molecule has 0 fully saturated rings. The van der Waals surface area contributed by atoms with E-state index in [0.717, 1.165) is 40.1 Å². The Morgan fingerprint density at radius 2 is 1.04 bits per heavy atom. The minimum absolute atomic E-state index is 0.504. The van der Waals surface area contributed by atoms with Crippen LogP contribution in [0.3, 0.4) is 0 Å². The molecule has 1 nitrogen and oxygen atoms in total. The van der Waals surface area contributed by atoms with Crippen LogP contribution >= 0.6 is 0 Å². The Labute approximate surface area is 137 Å². The highest BCUT2D eigenvalue weighted by atomic mass is 19.4. The number of halogens is 3. The standard InChI is InChI=1S/C20H12F3N/c21-20(22,23)13-9-11-14(12-10-13)24-19-17-7-3-1-5-15(17)16-6-2-4-8-18(16)19/h1-12H. The molecule has 3 aromatic rings. The van der Waals surface area contributed by atoms with Crippen molar-refractivity contribution in [1.82, 2.24) is 0 Å². The second-order valence-corrected chi connectivity index (χ2v) is 5.60. The molecule has 0 unspecified atom stereocenters. The highest BCUT2D eigenvalue weighted by Gasteiger charge is 2.30. The zero-order chi connectivity index (χ0) is 16.7. The van der Waals surface area contributed by atoms with Crippen molar-refractivity contribution in [3.8, 4) is 11.1 Å². The lowest BCUT2D eigenvalue weighted by atomic mass is 10.1. The van der Waals surface area contributed by atoms with Crippen LogP contribution in [-0.4, -0.2) is 5.71 Å². The minimum atomic E-state index is -4.34. The third-order valence-electron chi connectivity index (χ3n) is 4.09. The second-order valence-electron chi connectivity index (χ2n) is 5.60. The van der Waals surface area contributed by atoms with E-state index in [1.165, 1.54) is 12.1 Å². The van der Waals surface area contributed by atoms with Gasteiger partial charge >= 0.3 is 6.18 Å². The molecule has 1 aliphatic rings. The average Bonchev–Trinajstić information content (AvgIpc) is 2.89. The molecule has 4 rings (SSSR count). The van der Waals surface area contributed by atoms with Gasteiger partial charge in [-0.3, -0.25) is 0 Å². The molecular formula is C20H12F3N. The van der Waals surface area contributed by atoms with Crippen LogP contribution in [0.25, 0.3) is 11.1 Å². The van der Waals surface area contributed by atoms with E-state index in [2.05, 4.69) is 4.99 Å². The van der Waals surface area contributed by atoms with Crippen molar-refractivity contribution in [1.29, 1.82) is 0 Å². The summed E-state index contributed by atoms with van der Waals surface area (Å²) in [4.78, 5) is 4.61. The van der Waals surface area contributed by atoms with Gasteiger partial charge in [0.15, 0.2) is 0 Å². The van der Waals surface area contributed by atoms with E-state index in [9.17, 15) is 13.2 Å². The van der Waals surface area contributed by atoms with E-state index in [0.29, 0.717) is 5.69 Å². The Kier molecular flexibility index (Phi) is 3.27. The number of nitrogens with zero attached hydrogens (tertiary/aromatic N) is 1. The number of hydrogen-bond donors (Lipinski definition) is 0. The molecule has 0 saturated carbocycles. The molecule has 3 aromatic carbocycles. The zero-order valence-corrected chi connectivity index (χ0v) is 12.5. The molecule has 0 amide bonds. The lowest BCUT2D eigenvalue weighted by Crippen LogP contribution is -2.03. The van der Waals surface area contributed by atoms with Gasteiger partial charge in [-0.25, -0.2) is 4.99 Å². The first-order valence-corrected chi connectivity index (χ1v) is 7.49. The van der Waals surface area contributed by atoms with Crippen LogP contribution in [0.15, 0.2) is 77.8 Å². The van der Waals surface area contributed by atoms with E-state index < -0.39 is 11.7 Å². The quantitative estimate of drug-likeness (QED) is 0.416. The van der Waals surface area contributed by atoms with Gasteiger partial charge in [-0.1, -0.05) is 48.5 Å². The molecule has 0 atom stereocenters. The maximum Gasteiger partial charge on any atom is 0.416 e. The summed E-state index contributed by atoms with van der Waals surface area (Å²) in [5.74, 6) is 0. The van der Waals surface area contributed by atoms with E-state index in [1.807, 2.05) is 48.5 Å². The number of benzene rings is 3. The Balaban J connectivity index is 1.83. The summed E-state index contributed by atoms with van der Waals surface area (Å²) >= 11 is 0. The van der Waals surface area contributed by atoms with Gasteiger partial charge in [-0.05, 0) is 35.4 Å². The first-order chi connectivity index (χ1) is 11.5. The minimum Gasteiger partial charge on any atom is -0.248 e. The number of rotatable bonds is 1. The molecule has 4 heteroatoms. The predicted molar refractivity (Wildman–Crippen MR) is 88.6 cm³/mol. The van der Waals surface area contributed by atoms with Crippen LogP contribution in [0.2, 0.25) is 0 Å². The summed E-state index contributed by atoms with van der Waals surface area (Å²) in [6, 6.07) is 20.8. The molecular weight excluding hydrogens is 311 g/mol. The first kappa shape index (κ1) is 14.7. The summed E-state index contributed by atoms with van der Waals surface area (Å²) in [5, 5.41) is 0. The van der Waals surface area contributed by atoms with Crippen molar-refractivity contribution in [2.75, 3.05) is 0 Å². The van der Waals surface area contributed by atoms with E-state index >= 15 is 0 Å². The van der Waals surface area contributed by atoms with Crippen LogP contribution in [0, 0.1) is 0 Å². The van der Waals surface area contributed by atoms with Gasteiger partial charge < -0.3 is 0 Å². The van der Waals surface area contributed by atoms with Crippen molar-refractivity contribution < 1.29 is 13.2 Å². The van der Waals surface area contributed by atoms with Gasteiger partial charge in [0.1, 0.15) is 0 Å². The van der Waals surface area contributed by atoms with Gasteiger partial charge in [-0.2, -0.15) is 13.2 Å². The fraction of sp³-hybridized carbons (Fsp3) is 0.0500. The Bertz CT molecular complexity index is 890. The highest BCUT2D eigenvalue weighted by molar-refractivity contribution is 6.25. The van der Waals surface area contributed by atoms with Gasteiger partial charge in [0.25, 0.3) is 0 Å². The van der Waals surface area contributed by atoms with Gasteiger partial charge in [0.2, 0.25) is 0 Å². The Morgan fingerprint density at radius 3 is 1.50 bits per heavy atom. The fourth-order valence-corrected chi connectivity index (χ4v) is 2.97. The van der Waals surface area contributed by atoms with Crippen LogP contribution in [-0.2, 0) is 6.18 Å². The molecule has 24 heavy (non-hydrogen) atoms. The molecule has 0 saturated heterocycles. The van der Waals surface area contributed by atoms with Crippen LogP contribution < -0.4 is 0 Å². The average molecular weight is 323 g/mol. The normalized spacial score (nSPS) is 12.7. The fourth-order valence-electron chi connectivity index (χ4n) is 2.97. The molecule has 1 aliphatic carbocycles. The number of aliphatic imine (C=N–C) groups is 1. The summed E-state index contributed by atoms with van der Waals surface area (Å²) in [6.07, 6.45) is -4.34. The third kappa shape index (κ3) is 2.40. The van der Waals surface area contributed by atoms with Crippen LogP contribution in [0.4, 0.5) is 18.9 Å². The second kappa shape index (κ2) is 5.34. The van der Waals surface area contributed by atoms with Crippen molar-refractivity contribution in [3.05, 3.63) is 89.5 Å². The lowest BCUT2D eigenvalue weighted by molar-refractivity contribution is -0.137. The topological polar surface area (TPSA) is 12.4 Å². The summed E-state index contributed by atoms with van der Waals surface area (Å²) in [7, 11) is 0. The molecule has 0 aromatic heterocycles. The zero-order valence-electron chi connectivity index (χ0n) is 12.5. The number of hydrogen-bond acceptors (Lipinski definition) is 1. The Hall–Kier alpha value is -2.88. The van der Waals surface area contributed by atoms with Crippen molar-refractivity contribution in [3.63, 3.8) is 0 Å². The van der Waals surface area contributed by atoms with Gasteiger partial charge in [0.05, 0.1) is 17.0 Å². The molecule has 118 valence electrons. The third-order valence-corrected chi connectivity index (χ3v) is 4.09. The molecule has 0 N–H and O–H groups in total. The lowest BCUT2D eigenvalue weighted by Gasteiger charge is -2.07. The number of alkyl halides is 3. The SMILES string of the molecule is FC(F)(F)c1ccc(N=C2c3ccccc3-c3ccccc32)cc1. The predicted octanol–water partition coefficient (Wildman–Crippen LogP) is 5.85. The monoisotopic (exact) mass is 323 g/mol. The van der Waals surface area contributed by atoms with Crippen LogP contribution in [0.1, 0.15) is 16.7 Å². The maximum absolute atomic E-state index is 12.7. The molecule has 0 heterocycles. The summed E-state index contributed by atoms with van der Waals surface area (Å²) in [6.45, 7) is 0. The van der Waals surface area contributed by atoms with Crippen molar-refractivity contribution in [2.45, 2.75) is 6.18 Å². The molecule has 0 spiro atoms. The van der Waals surface area contributed by atoms with Crippen LogP contribution in [0.5, 0.6) is 0 Å². The van der Waals surface area contributed by atoms with Crippen molar-refractivity contribution in [2.24, 2.45) is 4.99 Å². The Morgan fingerprint density at radius 1 is 0.583 bits per heavy atom. The first-order valence-electron chi connectivity index (χ1n) is 7.49. The maximum atomic E-state index is 12.7. The van der Waals surface area contributed by atoms with E-state index in [-0.39, 0.29) is 0 Å². The van der Waals surface area contributed by atoms with Gasteiger partial charge in [0, 0.05) is 11.1 Å². The summed E-state index contributed by atoms with van der Waals surface area (Å²) in [5.41, 5.74) is 4.82. The molecule has 0 radical (unpaired) electrons. The highest BCUT2D eigenvalue weighted by Crippen LogP contribution is 2.38. The van der Waals surface area contributed by atoms with E-state index in [4.69, 9.17) is 0 Å². The van der Waals surface area contributed by atoms with Crippen molar-refractivity contribution >= 4 is 11.4 Å². The molecule has 0 aliphatic heterocycles. The smallest absolute Gasteiger partial charge is 0.248 e. The van der Waals surface area contributed by atoms with E-state index in [1.54, 1.807) is 0 Å². The largest absolute Gasteiger partial charge is 0.416 e. The number of fused-ring (bicyclic) bond motifs is 3. The summed E-state index contributed by atoms with van der Waals surface area (Å²) < 4.78 is 38.0.